The lowest BCUT2D eigenvalue weighted by Gasteiger charge is -2.35. The summed E-state index contributed by atoms with van der Waals surface area (Å²) in [6, 6.07) is 0. The molecule has 0 amide bonds. The normalized spacial score (nSPS) is 31.6. The molecule has 2 heterocycles. The summed E-state index contributed by atoms with van der Waals surface area (Å²) in [7, 11) is 2.37. The Kier molecular flexibility index (Phi) is 6.57. The molecular formula is C18H22O10. The Hall–Kier alpha value is -2.72. The van der Waals surface area contributed by atoms with Crippen molar-refractivity contribution in [3.63, 3.8) is 0 Å². The zero-order chi connectivity index (χ0) is 20.9. The van der Waals surface area contributed by atoms with E-state index in [-0.39, 0.29) is 13.2 Å². The quantitative estimate of drug-likeness (QED) is 0.339. The molecule has 0 aliphatic carbocycles. The maximum absolute atomic E-state index is 11.9. The Morgan fingerprint density at radius 3 is 1.36 bits per heavy atom. The van der Waals surface area contributed by atoms with E-state index in [2.05, 4.69) is 9.47 Å². The van der Waals surface area contributed by atoms with Gasteiger partial charge in [-0.15, -0.1) is 0 Å². The van der Waals surface area contributed by atoms with Crippen LogP contribution in [0, 0.1) is 0 Å². The highest BCUT2D eigenvalue weighted by molar-refractivity contribution is 5.92. The Morgan fingerprint density at radius 1 is 0.714 bits per heavy atom. The highest BCUT2D eigenvalue weighted by Crippen LogP contribution is 2.48. The molecule has 0 aromatic rings. The first-order valence-corrected chi connectivity index (χ1v) is 8.37. The number of fused-ring (bicyclic) bond motifs is 1. The van der Waals surface area contributed by atoms with Gasteiger partial charge in [-0.05, 0) is 13.8 Å². The number of hydrogen-bond acceptors (Lipinski definition) is 10. The lowest BCUT2D eigenvalue weighted by Crippen LogP contribution is -2.55. The maximum Gasteiger partial charge on any atom is 0.331 e. The molecule has 10 nitrogen and oxygen atoms in total. The fourth-order valence-corrected chi connectivity index (χ4v) is 2.99. The number of carbonyl (C=O) groups excluding carboxylic acids is 4. The molecule has 2 aliphatic heterocycles. The average Bonchev–Trinajstić information content (AvgIpc) is 3.07. The summed E-state index contributed by atoms with van der Waals surface area (Å²) in [6.07, 6.45) is 2.17. The van der Waals surface area contributed by atoms with Gasteiger partial charge in [0.15, 0.2) is 12.2 Å². The second kappa shape index (κ2) is 8.53. The van der Waals surface area contributed by atoms with Crippen molar-refractivity contribution in [2.45, 2.75) is 37.3 Å². The van der Waals surface area contributed by atoms with Crippen LogP contribution in [0.25, 0.3) is 0 Å². The van der Waals surface area contributed by atoms with E-state index in [4.69, 9.17) is 18.9 Å². The molecule has 28 heavy (non-hydrogen) atoms. The average molecular weight is 398 g/mol. The van der Waals surface area contributed by atoms with Crippen LogP contribution in [0.3, 0.4) is 0 Å². The summed E-state index contributed by atoms with van der Waals surface area (Å²) in [4.78, 5) is 46.0. The second-order valence-corrected chi connectivity index (χ2v) is 6.40. The van der Waals surface area contributed by atoms with Crippen molar-refractivity contribution in [3.05, 3.63) is 24.3 Å². The first kappa shape index (κ1) is 21.6. The van der Waals surface area contributed by atoms with Crippen molar-refractivity contribution >= 4 is 23.9 Å². The van der Waals surface area contributed by atoms with E-state index in [0.717, 1.165) is 24.3 Å². The van der Waals surface area contributed by atoms with E-state index in [1.165, 1.54) is 14.2 Å². The van der Waals surface area contributed by atoms with Crippen molar-refractivity contribution in [2.75, 3.05) is 27.4 Å². The summed E-state index contributed by atoms with van der Waals surface area (Å²) in [5.74, 6) is -2.93. The summed E-state index contributed by atoms with van der Waals surface area (Å²) in [5.41, 5.74) is -2.17. The zero-order valence-corrected chi connectivity index (χ0v) is 16.0. The van der Waals surface area contributed by atoms with Crippen LogP contribution in [0.5, 0.6) is 0 Å². The first-order chi connectivity index (χ1) is 13.2. The van der Waals surface area contributed by atoms with Crippen molar-refractivity contribution < 1.29 is 47.6 Å². The Labute approximate surface area is 161 Å². The van der Waals surface area contributed by atoms with Gasteiger partial charge in [-0.2, -0.15) is 0 Å². The lowest BCUT2D eigenvalue weighted by atomic mass is 9.82. The SMILES string of the molecule is COC(=O)/C=C/C(=O)O[C@H]1CO[C@@]2(C)[C@H](OC(=O)/C=C/C(=O)OC)CO[C@@]12C. The van der Waals surface area contributed by atoms with Gasteiger partial charge < -0.3 is 28.4 Å². The number of rotatable bonds is 6. The predicted molar refractivity (Wildman–Crippen MR) is 90.8 cm³/mol. The van der Waals surface area contributed by atoms with Gasteiger partial charge in [-0.3, -0.25) is 0 Å². The van der Waals surface area contributed by atoms with Gasteiger partial charge in [0.2, 0.25) is 0 Å². The largest absolute Gasteiger partial charge is 0.466 e. The summed E-state index contributed by atoms with van der Waals surface area (Å²) in [6.45, 7) is 3.38. The van der Waals surface area contributed by atoms with E-state index in [0.29, 0.717) is 0 Å². The zero-order valence-electron chi connectivity index (χ0n) is 16.0. The van der Waals surface area contributed by atoms with Gasteiger partial charge in [-0.25, -0.2) is 19.2 Å². The minimum atomic E-state index is -1.08. The van der Waals surface area contributed by atoms with Crippen LogP contribution in [-0.4, -0.2) is 74.7 Å². The molecule has 2 aliphatic rings. The van der Waals surface area contributed by atoms with Gasteiger partial charge in [0, 0.05) is 24.3 Å². The van der Waals surface area contributed by atoms with Gasteiger partial charge >= 0.3 is 23.9 Å². The molecule has 2 saturated heterocycles. The fourth-order valence-electron chi connectivity index (χ4n) is 2.99. The number of methoxy groups -OCH3 is 2. The van der Waals surface area contributed by atoms with Crippen molar-refractivity contribution in [1.82, 2.24) is 0 Å². The maximum atomic E-state index is 11.9. The monoisotopic (exact) mass is 398 g/mol. The molecule has 0 spiro atoms. The molecule has 0 aromatic heterocycles. The number of hydrogen-bond donors (Lipinski definition) is 0. The number of esters is 4. The highest BCUT2D eigenvalue weighted by atomic mass is 16.7. The molecule has 0 bridgehead atoms. The third kappa shape index (κ3) is 4.23. The molecule has 0 radical (unpaired) electrons. The Bertz CT molecular complexity index is 651. The lowest BCUT2D eigenvalue weighted by molar-refractivity contribution is -0.160. The molecule has 2 fully saturated rings. The third-order valence-corrected chi connectivity index (χ3v) is 4.91. The molecule has 0 unspecified atom stereocenters. The topological polar surface area (TPSA) is 124 Å². The fraction of sp³-hybridized carbons (Fsp3) is 0.556. The van der Waals surface area contributed by atoms with Crippen LogP contribution >= 0.6 is 0 Å². The van der Waals surface area contributed by atoms with Crippen LogP contribution in [0.4, 0.5) is 0 Å². The minimum Gasteiger partial charge on any atom is -0.466 e. The van der Waals surface area contributed by atoms with Crippen molar-refractivity contribution in [1.29, 1.82) is 0 Å². The molecular weight excluding hydrogens is 376 g/mol. The van der Waals surface area contributed by atoms with Crippen LogP contribution in [0.1, 0.15) is 13.8 Å². The molecule has 0 aromatic carbocycles. The molecule has 4 atom stereocenters. The van der Waals surface area contributed by atoms with E-state index in [1.54, 1.807) is 13.8 Å². The van der Waals surface area contributed by atoms with E-state index < -0.39 is 47.3 Å². The smallest absolute Gasteiger partial charge is 0.331 e. The summed E-state index contributed by atoms with van der Waals surface area (Å²) < 4.78 is 31.0. The standard InChI is InChI=1S/C18H22O10/c1-17-11(27-15(21)7-5-13(19)23-3)9-26-18(17,2)12(10-25-17)28-16(22)8-6-14(20)24-4/h5-8,11-12H,9-10H2,1-4H3/b7-5+,8-6+/t11-,12+,17-,18-/m0/s1. The molecule has 2 rings (SSSR count). The minimum absolute atomic E-state index is 0.0108. The first-order valence-electron chi connectivity index (χ1n) is 8.37. The Morgan fingerprint density at radius 2 is 1.04 bits per heavy atom. The Balaban J connectivity index is 2.03. The van der Waals surface area contributed by atoms with Gasteiger partial charge in [0.1, 0.15) is 11.2 Å². The van der Waals surface area contributed by atoms with E-state index >= 15 is 0 Å². The third-order valence-electron chi connectivity index (χ3n) is 4.91. The molecule has 0 saturated carbocycles. The molecule has 0 N–H and O–H groups in total. The van der Waals surface area contributed by atoms with Gasteiger partial charge in [0.25, 0.3) is 0 Å². The second-order valence-electron chi connectivity index (χ2n) is 6.40. The molecule has 154 valence electrons. The molecule has 10 heteroatoms. The number of carbonyl (C=O) groups is 4. The summed E-state index contributed by atoms with van der Waals surface area (Å²) in [5, 5.41) is 0. The van der Waals surface area contributed by atoms with Crippen molar-refractivity contribution in [3.8, 4) is 0 Å². The van der Waals surface area contributed by atoms with Gasteiger partial charge in [0.05, 0.1) is 27.4 Å². The van der Waals surface area contributed by atoms with Crippen LogP contribution < -0.4 is 0 Å². The van der Waals surface area contributed by atoms with Crippen LogP contribution in [0.15, 0.2) is 24.3 Å². The van der Waals surface area contributed by atoms with Crippen molar-refractivity contribution in [2.24, 2.45) is 0 Å². The predicted octanol–water partition coefficient (Wildman–Crippen LogP) is -0.154. The number of ether oxygens (including phenoxy) is 6. The van der Waals surface area contributed by atoms with Crippen LogP contribution in [0.2, 0.25) is 0 Å². The summed E-state index contributed by atoms with van der Waals surface area (Å²) >= 11 is 0. The van der Waals surface area contributed by atoms with E-state index in [9.17, 15) is 19.2 Å². The van der Waals surface area contributed by atoms with Crippen LogP contribution in [-0.2, 0) is 47.6 Å². The van der Waals surface area contributed by atoms with Gasteiger partial charge in [-0.1, -0.05) is 0 Å². The highest BCUT2D eigenvalue weighted by Gasteiger charge is 2.68. The van der Waals surface area contributed by atoms with E-state index in [1.807, 2.05) is 0 Å².